The number of rotatable bonds is 3. The van der Waals surface area contributed by atoms with Crippen molar-refractivity contribution in [3.05, 3.63) is 0 Å². The van der Waals surface area contributed by atoms with Gasteiger partial charge in [-0.2, -0.15) is 0 Å². The van der Waals surface area contributed by atoms with Crippen LogP contribution < -0.4 is 10.6 Å². The van der Waals surface area contributed by atoms with Crippen LogP contribution in [0.15, 0.2) is 0 Å². The molecule has 10 heavy (non-hydrogen) atoms. The fourth-order valence-corrected chi connectivity index (χ4v) is 1.37. The molecule has 1 atom stereocenters. The minimum Gasteiger partial charge on any atom is -0.379 e. The van der Waals surface area contributed by atoms with Gasteiger partial charge in [-0.05, 0) is 20.5 Å². The van der Waals surface area contributed by atoms with Crippen molar-refractivity contribution >= 4 is 0 Å². The second-order valence-electron chi connectivity index (χ2n) is 2.86. The van der Waals surface area contributed by atoms with Crippen molar-refractivity contribution < 1.29 is 4.74 Å². The lowest BCUT2D eigenvalue weighted by atomic mass is 9.99. The maximum Gasteiger partial charge on any atom is 0.0661 e. The molecule has 0 aromatic rings. The Morgan fingerprint density at radius 3 is 2.70 bits per heavy atom. The lowest BCUT2D eigenvalue weighted by molar-refractivity contribution is 0.169. The van der Waals surface area contributed by atoms with E-state index in [2.05, 4.69) is 10.6 Å². The van der Waals surface area contributed by atoms with E-state index in [9.17, 15) is 0 Å². The zero-order valence-electron chi connectivity index (χ0n) is 6.74. The summed E-state index contributed by atoms with van der Waals surface area (Å²) in [6.07, 6.45) is 1.12. The third kappa shape index (κ3) is 1.48. The van der Waals surface area contributed by atoms with Gasteiger partial charge in [0, 0.05) is 13.2 Å². The molecule has 1 unspecified atom stereocenters. The van der Waals surface area contributed by atoms with Gasteiger partial charge in [-0.3, -0.25) is 0 Å². The Balaban J connectivity index is 2.41. The largest absolute Gasteiger partial charge is 0.379 e. The van der Waals surface area contributed by atoms with Crippen LogP contribution in [0.4, 0.5) is 0 Å². The lowest BCUT2D eigenvalue weighted by Crippen LogP contribution is -2.50. The molecule has 2 N–H and O–H groups in total. The van der Waals surface area contributed by atoms with Gasteiger partial charge >= 0.3 is 0 Å². The molecule has 0 aliphatic carbocycles. The molecular weight excluding hydrogens is 128 g/mol. The number of hydrogen-bond acceptors (Lipinski definition) is 3. The molecule has 1 heterocycles. The molecule has 3 heteroatoms. The summed E-state index contributed by atoms with van der Waals surface area (Å²) in [7, 11) is 3.96. The van der Waals surface area contributed by atoms with Crippen LogP contribution in [0.2, 0.25) is 0 Å². The van der Waals surface area contributed by atoms with Crippen LogP contribution in [0.3, 0.4) is 0 Å². The average Bonchev–Trinajstić information content (AvgIpc) is 2.39. The molecule has 0 bridgehead atoms. The predicted molar refractivity (Wildman–Crippen MR) is 41.2 cm³/mol. The summed E-state index contributed by atoms with van der Waals surface area (Å²) in [5.74, 6) is 0. The summed E-state index contributed by atoms with van der Waals surface area (Å²) in [6, 6.07) is 0. The van der Waals surface area contributed by atoms with Crippen LogP contribution in [-0.4, -0.2) is 39.4 Å². The Morgan fingerprint density at radius 1 is 1.50 bits per heavy atom. The second kappa shape index (κ2) is 3.32. The fraction of sp³-hybridized carbons (Fsp3) is 1.00. The van der Waals surface area contributed by atoms with Gasteiger partial charge in [-0.15, -0.1) is 0 Å². The van der Waals surface area contributed by atoms with Crippen LogP contribution >= 0.6 is 0 Å². The van der Waals surface area contributed by atoms with E-state index in [0.717, 1.165) is 26.2 Å². The van der Waals surface area contributed by atoms with Gasteiger partial charge in [-0.1, -0.05) is 0 Å². The molecule has 0 amide bonds. The summed E-state index contributed by atoms with van der Waals surface area (Å²) in [6.45, 7) is 2.72. The number of likely N-dealkylation sites (N-methyl/N-ethyl adjacent to an activating group) is 2. The Morgan fingerprint density at radius 2 is 2.30 bits per heavy atom. The molecule has 0 saturated carbocycles. The predicted octanol–water partition coefficient (Wildman–Crippen LogP) is -0.416. The number of ether oxygens (including phenoxy) is 1. The van der Waals surface area contributed by atoms with E-state index in [1.54, 1.807) is 0 Å². The first-order chi connectivity index (χ1) is 4.83. The van der Waals surface area contributed by atoms with Crippen LogP contribution in [0.1, 0.15) is 6.42 Å². The summed E-state index contributed by atoms with van der Waals surface area (Å²) >= 11 is 0. The van der Waals surface area contributed by atoms with E-state index in [0.29, 0.717) is 0 Å². The lowest BCUT2D eigenvalue weighted by Gasteiger charge is -2.26. The Labute approximate surface area is 62.1 Å². The molecule has 0 spiro atoms. The van der Waals surface area contributed by atoms with Crippen LogP contribution in [0.25, 0.3) is 0 Å². The number of nitrogens with one attached hydrogen (secondary N) is 2. The SMILES string of the molecule is CNCC1(NC)CCOC1. The zero-order valence-corrected chi connectivity index (χ0v) is 6.74. The molecular formula is C7H16N2O. The monoisotopic (exact) mass is 144 g/mol. The van der Waals surface area contributed by atoms with E-state index in [1.165, 1.54) is 0 Å². The third-order valence-corrected chi connectivity index (χ3v) is 2.15. The highest BCUT2D eigenvalue weighted by Crippen LogP contribution is 2.16. The second-order valence-corrected chi connectivity index (χ2v) is 2.86. The highest BCUT2D eigenvalue weighted by Gasteiger charge is 2.31. The molecule has 60 valence electrons. The first-order valence-corrected chi connectivity index (χ1v) is 3.74. The van der Waals surface area contributed by atoms with Gasteiger partial charge in [0.25, 0.3) is 0 Å². The van der Waals surface area contributed by atoms with Gasteiger partial charge in [0.2, 0.25) is 0 Å². The summed E-state index contributed by atoms with van der Waals surface area (Å²) < 4.78 is 5.30. The van der Waals surface area contributed by atoms with Gasteiger partial charge in [0.1, 0.15) is 0 Å². The Hall–Kier alpha value is -0.120. The van der Waals surface area contributed by atoms with Crippen LogP contribution in [-0.2, 0) is 4.74 Å². The van der Waals surface area contributed by atoms with Crippen molar-refractivity contribution in [2.75, 3.05) is 33.9 Å². The van der Waals surface area contributed by atoms with Gasteiger partial charge in [-0.25, -0.2) is 0 Å². The van der Waals surface area contributed by atoms with Crippen molar-refractivity contribution in [2.24, 2.45) is 0 Å². The first kappa shape index (κ1) is 7.98. The molecule has 1 saturated heterocycles. The topological polar surface area (TPSA) is 33.3 Å². The molecule has 1 rings (SSSR count). The minimum absolute atomic E-state index is 0.203. The minimum atomic E-state index is 0.203. The molecule has 1 fully saturated rings. The maximum absolute atomic E-state index is 5.30. The third-order valence-electron chi connectivity index (χ3n) is 2.15. The number of hydrogen-bond donors (Lipinski definition) is 2. The van der Waals surface area contributed by atoms with Gasteiger partial charge in [0.05, 0.1) is 12.1 Å². The van der Waals surface area contributed by atoms with Crippen molar-refractivity contribution in [3.63, 3.8) is 0 Å². The average molecular weight is 144 g/mol. The smallest absolute Gasteiger partial charge is 0.0661 e. The molecule has 1 aliphatic heterocycles. The van der Waals surface area contributed by atoms with Gasteiger partial charge < -0.3 is 15.4 Å². The van der Waals surface area contributed by atoms with Crippen LogP contribution in [0, 0.1) is 0 Å². The molecule has 0 aromatic heterocycles. The van der Waals surface area contributed by atoms with Crippen molar-refractivity contribution in [2.45, 2.75) is 12.0 Å². The summed E-state index contributed by atoms with van der Waals surface area (Å²) in [5, 5.41) is 6.45. The highest BCUT2D eigenvalue weighted by atomic mass is 16.5. The van der Waals surface area contributed by atoms with Crippen molar-refractivity contribution in [1.29, 1.82) is 0 Å². The van der Waals surface area contributed by atoms with E-state index in [-0.39, 0.29) is 5.54 Å². The van der Waals surface area contributed by atoms with Gasteiger partial charge in [0.15, 0.2) is 0 Å². The molecule has 1 aliphatic rings. The quantitative estimate of drug-likeness (QED) is 0.564. The first-order valence-electron chi connectivity index (χ1n) is 3.74. The molecule has 0 radical (unpaired) electrons. The standard InChI is InChI=1S/C7H16N2O/c1-8-5-7(9-2)3-4-10-6-7/h8-9H,3-6H2,1-2H3. The Kier molecular flexibility index (Phi) is 2.65. The Bertz CT molecular complexity index is 99.8. The molecule has 3 nitrogen and oxygen atoms in total. The van der Waals surface area contributed by atoms with Crippen LogP contribution in [0.5, 0.6) is 0 Å². The van der Waals surface area contributed by atoms with Crippen molar-refractivity contribution in [3.8, 4) is 0 Å². The summed E-state index contributed by atoms with van der Waals surface area (Å²) in [4.78, 5) is 0. The maximum atomic E-state index is 5.30. The highest BCUT2D eigenvalue weighted by molar-refractivity contribution is 4.91. The van der Waals surface area contributed by atoms with E-state index >= 15 is 0 Å². The van der Waals surface area contributed by atoms with E-state index < -0.39 is 0 Å². The molecule has 0 aromatic carbocycles. The normalized spacial score (nSPS) is 33.0. The summed E-state index contributed by atoms with van der Waals surface area (Å²) in [5.41, 5.74) is 0.203. The zero-order chi connectivity index (χ0) is 7.45. The fourth-order valence-electron chi connectivity index (χ4n) is 1.37. The van der Waals surface area contributed by atoms with E-state index in [1.807, 2.05) is 14.1 Å². The van der Waals surface area contributed by atoms with E-state index in [4.69, 9.17) is 4.74 Å². The van der Waals surface area contributed by atoms with Crippen molar-refractivity contribution in [1.82, 2.24) is 10.6 Å².